The Kier molecular flexibility index (Phi) is 6.14. The molecule has 5 nitrogen and oxygen atoms in total. The van der Waals surface area contributed by atoms with E-state index in [9.17, 15) is 4.79 Å². The fraction of sp³-hybridized carbons (Fsp3) is 0.296. The van der Waals surface area contributed by atoms with Crippen molar-refractivity contribution in [2.45, 2.75) is 37.4 Å². The summed E-state index contributed by atoms with van der Waals surface area (Å²) in [6.45, 7) is 1.32. The van der Waals surface area contributed by atoms with E-state index < -0.39 is 5.54 Å². The van der Waals surface area contributed by atoms with Crippen molar-refractivity contribution < 1.29 is 4.79 Å². The summed E-state index contributed by atoms with van der Waals surface area (Å²) in [5, 5.41) is 3.84. The zero-order valence-corrected chi connectivity index (χ0v) is 19.2. The summed E-state index contributed by atoms with van der Waals surface area (Å²) in [7, 11) is 0. The van der Waals surface area contributed by atoms with Crippen molar-refractivity contribution in [2.75, 3.05) is 6.54 Å². The van der Waals surface area contributed by atoms with Crippen molar-refractivity contribution in [3.05, 3.63) is 101 Å². The largest absolute Gasteiger partial charge is 0.353 e. The number of aromatic nitrogens is 1. The van der Waals surface area contributed by atoms with Gasteiger partial charge in [-0.2, -0.15) is 0 Å². The zero-order chi connectivity index (χ0) is 22.7. The minimum absolute atomic E-state index is 0.0790. The highest BCUT2D eigenvalue weighted by molar-refractivity contribution is 6.30. The molecule has 0 spiro atoms. The molecule has 3 aromatic rings. The molecule has 1 aromatic heterocycles. The topological polar surface area (TPSA) is 57.6 Å². The van der Waals surface area contributed by atoms with E-state index in [4.69, 9.17) is 16.6 Å². The Morgan fingerprint density at radius 3 is 2.48 bits per heavy atom. The maximum Gasteiger partial charge on any atom is 0.251 e. The minimum atomic E-state index is -0.980. The van der Waals surface area contributed by atoms with Gasteiger partial charge in [-0.3, -0.25) is 14.8 Å². The summed E-state index contributed by atoms with van der Waals surface area (Å²) in [4.78, 5) is 25.3. The van der Waals surface area contributed by atoms with E-state index in [1.807, 2.05) is 60.9 Å². The van der Waals surface area contributed by atoms with E-state index >= 15 is 0 Å². The van der Waals surface area contributed by atoms with Gasteiger partial charge in [0.25, 0.3) is 5.91 Å². The second-order valence-electron chi connectivity index (χ2n) is 8.97. The van der Waals surface area contributed by atoms with Crippen LogP contribution in [0.2, 0.25) is 5.02 Å². The van der Waals surface area contributed by atoms with E-state index in [2.05, 4.69) is 27.3 Å². The number of hydrogen-bond acceptors (Lipinski definition) is 4. The van der Waals surface area contributed by atoms with Gasteiger partial charge in [0.15, 0.2) is 5.54 Å². The molecule has 2 atom stereocenters. The lowest BCUT2D eigenvalue weighted by atomic mass is 9.79. The SMILES string of the molecule is O=C(NCc1cccnc1)[C@]1(Cc2ccccc2)N=CN(CC2CC2)[C@H]1c1ccc(Cl)cc1. The molecule has 1 aliphatic carbocycles. The number of carbonyl (C=O) groups excluding carboxylic acids is 1. The van der Waals surface area contributed by atoms with Crippen LogP contribution >= 0.6 is 11.6 Å². The van der Waals surface area contributed by atoms with Crippen LogP contribution in [0.4, 0.5) is 0 Å². The molecule has 2 heterocycles. The summed E-state index contributed by atoms with van der Waals surface area (Å²) >= 11 is 6.20. The van der Waals surface area contributed by atoms with Crippen molar-refractivity contribution in [3.63, 3.8) is 0 Å². The Balaban J connectivity index is 1.52. The van der Waals surface area contributed by atoms with Crippen molar-refractivity contribution in [2.24, 2.45) is 10.9 Å². The van der Waals surface area contributed by atoms with Crippen LogP contribution in [0.5, 0.6) is 0 Å². The van der Waals surface area contributed by atoms with Crippen LogP contribution in [0.1, 0.15) is 35.6 Å². The third kappa shape index (κ3) is 4.79. The van der Waals surface area contributed by atoms with Gasteiger partial charge >= 0.3 is 0 Å². The van der Waals surface area contributed by atoms with E-state index in [0.29, 0.717) is 23.9 Å². The smallest absolute Gasteiger partial charge is 0.251 e. The molecule has 6 heteroatoms. The first kappa shape index (κ1) is 21.7. The van der Waals surface area contributed by atoms with Gasteiger partial charge in [0.1, 0.15) is 0 Å². The quantitative estimate of drug-likeness (QED) is 0.526. The lowest BCUT2D eigenvalue weighted by Crippen LogP contribution is -2.52. The molecule has 33 heavy (non-hydrogen) atoms. The van der Waals surface area contributed by atoms with E-state index in [1.165, 1.54) is 12.8 Å². The molecule has 2 aliphatic rings. The average molecular weight is 459 g/mol. The first-order valence-corrected chi connectivity index (χ1v) is 11.8. The summed E-state index contributed by atoms with van der Waals surface area (Å²) in [6, 6.07) is 21.6. The summed E-state index contributed by atoms with van der Waals surface area (Å²) < 4.78 is 0. The lowest BCUT2D eigenvalue weighted by Gasteiger charge is -2.37. The molecule has 0 radical (unpaired) electrons. The van der Waals surface area contributed by atoms with E-state index in [0.717, 1.165) is 23.2 Å². The molecular weight excluding hydrogens is 432 g/mol. The van der Waals surface area contributed by atoms with Gasteiger partial charge in [-0.15, -0.1) is 0 Å². The van der Waals surface area contributed by atoms with E-state index in [-0.39, 0.29) is 11.9 Å². The van der Waals surface area contributed by atoms with E-state index in [1.54, 1.807) is 12.4 Å². The third-order valence-electron chi connectivity index (χ3n) is 6.46. The molecular formula is C27H27ClN4O. The van der Waals surface area contributed by atoms with Crippen LogP contribution < -0.4 is 5.32 Å². The first-order chi connectivity index (χ1) is 16.1. The monoisotopic (exact) mass is 458 g/mol. The summed E-state index contributed by atoms with van der Waals surface area (Å²) in [5.74, 6) is 0.585. The third-order valence-corrected chi connectivity index (χ3v) is 6.71. The number of nitrogens with zero attached hydrogens (tertiary/aromatic N) is 3. The highest BCUT2D eigenvalue weighted by atomic mass is 35.5. The number of hydrogen-bond donors (Lipinski definition) is 1. The van der Waals surface area contributed by atoms with Gasteiger partial charge in [-0.25, -0.2) is 0 Å². The van der Waals surface area contributed by atoms with Crippen LogP contribution in [0.3, 0.4) is 0 Å². The molecule has 5 rings (SSSR count). The molecule has 168 valence electrons. The molecule has 1 amide bonds. The van der Waals surface area contributed by atoms with Gasteiger partial charge in [0.05, 0.1) is 12.4 Å². The maximum absolute atomic E-state index is 13.9. The fourth-order valence-electron chi connectivity index (χ4n) is 4.60. The van der Waals surface area contributed by atoms with Crippen LogP contribution in [0.15, 0.2) is 84.1 Å². The highest BCUT2D eigenvalue weighted by Crippen LogP contribution is 2.44. The predicted molar refractivity (Wildman–Crippen MR) is 131 cm³/mol. The van der Waals surface area contributed by atoms with Crippen molar-refractivity contribution in [3.8, 4) is 0 Å². The van der Waals surface area contributed by atoms with Gasteiger partial charge in [-0.1, -0.05) is 60.1 Å². The minimum Gasteiger partial charge on any atom is -0.353 e. The number of pyridine rings is 1. The Labute approximate surface area is 199 Å². The number of amides is 1. The molecule has 0 bridgehead atoms. The Morgan fingerprint density at radius 1 is 1.03 bits per heavy atom. The van der Waals surface area contributed by atoms with Crippen molar-refractivity contribution in [1.29, 1.82) is 0 Å². The second-order valence-corrected chi connectivity index (χ2v) is 9.41. The molecule has 1 saturated carbocycles. The summed E-state index contributed by atoms with van der Waals surface area (Å²) in [6.07, 6.45) is 8.38. The average Bonchev–Trinajstić information content (AvgIpc) is 3.60. The summed E-state index contributed by atoms with van der Waals surface area (Å²) in [5.41, 5.74) is 2.11. The molecule has 1 aliphatic heterocycles. The van der Waals surface area contributed by atoms with Crippen molar-refractivity contribution in [1.82, 2.24) is 15.2 Å². The van der Waals surface area contributed by atoms with Crippen LogP contribution in [0, 0.1) is 5.92 Å². The van der Waals surface area contributed by atoms with Gasteiger partial charge in [0.2, 0.25) is 0 Å². The van der Waals surface area contributed by atoms with Gasteiger partial charge in [-0.05, 0) is 53.6 Å². The molecule has 0 saturated heterocycles. The number of benzene rings is 2. The first-order valence-electron chi connectivity index (χ1n) is 11.4. The van der Waals surface area contributed by atoms with Gasteiger partial charge < -0.3 is 10.2 Å². The van der Waals surface area contributed by atoms with Crippen LogP contribution in [-0.2, 0) is 17.8 Å². The Hall–Kier alpha value is -3.18. The number of carbonyl (C=O) groups is 1. The molecule has 1 N–H and O–H groups in total. The predicted octanol–water partition coefficient (Wildman–Crippen LogP) is 4.83. The molecule has 0 unspecified atom stereocenters. The van der Waals surface area contributed by atoms with Crippen LogP contribution in [-0.4, -0.2) is 34.2 Å². The lowest BCUT2D eigenvalue weighted by molar-refractivity contribution is -0.128. The number of nitrogens with one attached hydrogen (secondary N) is 1. The molecule has 2 aromatic carbocycles. The maximum atomic E-state index is 13.9. The van der Waals surface area contributed by atoms with Crippen molar-refractivity contribution >= 4 is 23.8 Å². The molecule has 1 fully saturated rings. The van der Waals surface area contributed by atoms with Crippen LogP contribution in [0.25, 0.3) is 0 Å². The normalized spacial score (nSPS) is 21.8. The number of aliphatic imine (C=N–C) groups is 1. The highest BCUT2D eigenvalue weighted by Gasteiger charge is 2.52. The zero-order valence-electron chi connectivity index (χ0n) is 18.4. The Bertz CT molecular complexity index is 1120. The standard InChI is InChI=1S/C27H27ClN4O/c28-24-12-10-23(11-13-24)25-27(15-20-5-2-1-3-6-20,31-19-32(25)18-21-8-9-21)26(33)30-17-22-7-4-14-29-16-22/h1-7,10-14,16,19,21,25H,8-9,15,17-18H2,(H,30,33)/t25-,27+/m0/s1. The van der Waals surface area contributed by atoms with Gasteiger partial charge in [0, 0.05) is 36.9 Å². The fourth-order valence-corrected chi connectivity index (χ4v) is 4.73. The second kappa shape index (κ2) is 9.36. The number of halogens is 1. The Morgan fingerprint density at radius 2 is 1.79 bits per heavy atom. The number of rotatable bonds is 8.